The van der Waals surface area contributed by atoms with Gasteiger partial charge in [0, 0.05) is 51.5 Å². The van der Waals surface area contributed by atoms with Crippen molar-refractivity contribution in [2.75, 3.05) is 44.8 Å². The lowest BCUT2D eigenvalue weighted by Crippen LogP contribution is -2.57. The summed E-state index contributed by atoms with van der Waals surface area (Å²) in [7, 11) is 1.58. The first-order chi connectivity index (χ1) is 21.2. The van der Waals surface area contributed by atoms with Crippen LogP contribution in [0, 0.1) is 0 Å². The van der Waals surface area contributed by atoms with E-state index in [1.165, 1.54) is 11.8 Å². The van der Waals surface area contributed by atoms with Crippen LogP contribution in [0.1, 0.15) is 55.6 Å². The van der Waals surface area contributed by atoms with E-state index in [2.05, 4.69) is 4.98 Å². The smallest absolute Gasteiger partial charge is 0.407 e. The number of aliphatic hydroxyl groups is 1. The van der Waals surface area contributed by atoms with Gasteiger partial charge in [-0.3, -0.25) is 9.59 Å². The summed E-state index contributed by atoms with van der Waals surface area (Å²) < 4.78 is 7.36. The summed E-state index contributed by atoms with van der Waals surface area (Å²) in [6, 6.07) is 18.0. The first kappa shape index (κ1) is 31.2. The van der Waals surface area contributed by atoms with Crippen molar-refractivity contribution < 1.29 is 29.3 Å². The van der Waals surface area contributed by atoms with Crippen molar-refractivity contribution in [3.63, 3.8) is 0 Å². The number of aromatic nitrogens is 2. The number of carbonyl (C=O) groups excluding carboxylic acids is 2. The number of imidazole rings is 1. The second-order valence-electron chi connectivity index (χ2n) is 11.7. The molecular weight excluding hydrogens is 562 g/mol. The largest absolute Gasteiger partial charge is 0.465 e. The van der Waals surface area contributed by atoms with E-state index in [0.29, 0.717) is 31.5 Å². The van der Waals surface area contributed by atoms with Gasteiger partial charge in [-0.25, -0.2) is 9.78 Å². The highest BCUT2D eigenvalue weighted by atomic mass is 16.5. The van der Waals surface area contributed by atoms with Gasteiger partial charge in [0.2, 0.25) is 5.91 Å². The highest BCUT2D eigenvalue weighted by Gasteiger charge is 2.43. The number of piperazine rings is 1. The Kier molecular flexibility index (Phi) is 9.65. The van der Waals surface area contributed by atoms with E-state index in [1.54, 1.807) is 23.2 Å². The second-order valence-corrected chi connectivity index (χ2v) is 11.7. The molecule has 1 aliphatic heterocycles. The van der Waals surface area contributed by atoms with E-state index in [0.717, 1.165) is 24.1 Å². The van der Waals surface area contributed by atoms with Crippen molar-refractivity contribution in [1.29, 1.82) is 0 Å². The van der Waals surface area contributed by atoms with Crippen LogP contribution in [0.15, 0.2) is 67.0 Å². The molecule has 1 saturated carbocycles. The van der Waals surface area contributed by atoms with Crippen molar-refractivity contribution in [3.05, 3.63) is 72.7 Å². The van der Waals surface area contributed by atoms with Crippen LogP contribution in [0.5, 0.6) is 0 Å². The Morgan fingerprint density at radius 2 is 1.75 bits per heavy atom. The molecule has 11 nitrogen and oxygen atoms in total. The molecule has 0 radical (unpaired) electrons. The average molecular weight is 604 g/mol. The summed E-state index contributed by atoms with van der Waals surface area (Å²) >= 11 is 0. The molecule has 2 aromatic carbocycles. The predicted octanol–water partition coefficient (Wildman–Crippen LogP) is 4.29. The van der Waals surface area contributed by atoms with Crippen LogP contribution in [0.2, 0.25) is 0 Å². The van der Waals surface area contributed by atoms with Gasteiger partial charge in [0.05, 0.1) is 30.7 Å². The molecule has 0 unspecified atom stereocenters. The third kappa shape index (κ3) is 6.48. The molecule has 0 spiro atoms. The quantitative estimate of drug-likeness (QED) is 0.373. The Balaban J connectivity index is 1.49. The number of amides is 3. The van der Waals surface area contributed by atoms with Gasteiger partial charge in [-0.2, -0.15) is 0 Å². The topological polar surface area (TPSA) is 128 Å². The number of ether oxygens (including phenoxy) is 1. The third-order valence-corrected chi connectivity index (χ3v) is 8.88. The Labute approximate surface area is 257 Å². The number of rotatable bonds is 9. The molecule has 2 aliphatic rings. The normalized spacial score (nSPS) is 22.1. The first-order valence-corrected chi connectivity index (χ1v) is 15.2. The van der Waals surface area contributed by atoms with Gasteiger partial charge in [0.15, 0.2) is 5.69 Å². The zero-order valence-corrected chi connectivity index (χ0v) is 25.3. The van der Waals surface area contributed by atoms with Crippen LogP contribution < -0.4 is 4.90 Å². The minimum Gasteiger partial charge on any atom is -0.465 e. The number of anilines is 1. The summed E-state index contributed by atoms with van der Waals surface area (Å²) in [6.07, 6.45) is 4.08. The standard InChI is InChI=1S/C33H41N5O6/c1-24(39)36(26-13-7-4-8-14-26)18-16-27-21-35(32(41)42)19-20-37(27)31(40)29-30(25-11-5-3-6-12-25)38(23-34-29)28-15-9-10-17-33(28,43)22-44-2/h3-8,11-14,23,27-28,43H,9-10,15-22H2,1-2H3,(H,41,42)/t27-,28-,33-/m1/s1. The highest BCUT2D eigenvalue weighted by molar-refractivity contribution is 5.99. The molecule has 1 aliphatic carbocycles. The third-order valence-electron chi connectivity index (χ3n) is 8.88. The number of benzene rings is 2. The first-order valence-electron chi connectivity index (χ1n) is 15.2. The number of para-hydroxylation sites is 1. The van der Waals surface area contributed by atoms with Crippen LogP contribution in [0.3, 0.4) is 0 Å². The monoisotopic (exact) mass is 603 g/mol. The van der Waals surface area contributed by atoms with E-state index in [9.17, 15) is 24.6 Å². The zero-order chi connectivity index (χ0) is 31.3. The molecular formula is C33H41N5O6. The molecule has 3 amide bonds. The summed E-state index contributed by atoms with van der Waals surface area (Å²) in [5, 5.41) is 21.5. The molecule has 0 bridgehead atoms. The Bertz CT molecular complexity index is 1440. The molecule has 1 saturated heterocycles. The average Bonchev–Trinajstić information content (AvgIpc) is 3.46. The van der Waals surface area contributed by atoms with E-state index in [4.69, 9.17) is 4.74 Å². The number of carbonyl (C=O) groups is 3. The highest BCUT2D eigenvalue weighted by Crippen LogP contribution is 2.41. The van der Waals surface area contributed by atoms with Gasteiger partial charge in [-0.15, -0.1) is 0 Å². The zero-order valence-electron chi connectivity index (χ0n) is 25.3. The minimum absolute atomic E-state index is 0.124. The lowest BCUT2D eigenvalue weighted by atomic mass is 9.80. The van der Waals surface area contributed by atoms with E-state index < -0.39 is 17.7 Å². The lowest BCUT2D eigenvalue weighted by Gasteiger charge is -2.41. The second kappa shape index (κ2) is 13.6. The number of hydrogen-bond acceptors (Lipinski definition) is 6. The van der Waals surface area contributed by atoms with Crippen molar-refractivity contribution in [2.24, 2.45) is 0 Å². The van der Waals surface area contributed by atoms with Crippen molar-refractivity contribution in [3.8, 4) is 11.3 Å². The molecule has 11 heteroatoms. The summed E-state index contributed by atoms with van der Waals surface area (Å²) in [6.45, 7) is 2.46. The fourth-order valence-corrected chi connectivity index (χ4v) is 6.69. The molecule has 3 atom stereocenters. The fraction of sp³-hybridized carbons (Fsp3) is 0.455. The van der Waals surface area contributed by atoms with Crippen LogP contribution in [-0.2, 0) is 9.53 Å². The Morgan fingerprint density at radius 1 is 1.05 bits per heavy atom. The van der Waals surface area contributed by atoms with E-state index in [1.807, 2.05) is 65.2 Å². The molecule has 2 N–H and O–H groups in total. The molecule has 2 fully saturated rings. The van der Waals surface area contributed by atoms with Gasteiger partial charge in [-0.1, -0.05) is 61.4 Å². The van der Waals surface area contributed by atoms with Gasteiger partial charge in [0.25, 0.3) is 5.91 Å². The van der Waals surface area contributed by atoms with E-state index >= 15 is 0 Å². The molecule has 1 aromatic heterocycles. The number of hydrogen-bond donors (Lipinski definition) is 2. The summed E-state index contributed by atoms with van der Waals surface area (Å²) in [5.41, 5.74) is 1.30. The van der Waals surface area contributed by atoms with Gasteiger partial charge >= 0.3 is 6.09 Å². The molecule has 3 aromatic rings. The van der Waals surface area contributed by atoms with Crippen molar-refractivity contribution in [1.82, 2.24) is 19.4 Å². The van der Waals surface area contributed by atoms with Gasteiger partial charge in [-0.05, 0) is 31.4 Å². The molecule has 2 heterocycles. The van der Waals surface area contributed by atoms with Gasteiger partial charge < -0.3 is 34.2 Å². The molecule has 44 heavy (non-hydrogen) atoms. The maximum atomic E-state index is 14.4. The Morgan fingerprint density at radius 3 is 2.41 bits per heavy atom. The molecule has 5 rings (SSSR count). The van der Waals surface area contributed by atoms with Crippen LogP contribution in [0.25, 0.3) is 11.3 Å². The number of nitrogens with zero attached hydrogens (tertiary/aromatic N) is 5. The number of carboxylic acid groups (broad SMARTS) is 1. The summed E-state index contributed by atoms with van der Waals surface area (Å²) in [5.74, 6) is -0.445. The molecule has 234 valence electrons. The summed E-state index contributed by atoms with van der Waals surface area (Å²) in [4.78, 5) is 48.3. The lowest BCUT2D eigenvalue weighted by molar-refractivity contribution is -0.116. The van der Waals surface area contributed by atoms with Crippen LogP contribution >= 0.6 is 0 Å². The fourth-order valence-electron chi connectivity index (χ4n) is 6.69. The minimum atomic E-state index is -1.11. The van der Waals surface area contributed by atoms with Crippen LogP contribution in [0.4, 0.5) is 10.5 Å². The Hall–Kier alpha value is -4.22. The van der Waals surface area contributed by atoms with Gasteiger partial charge in [0.1, 0.15) is 5.60 Å². The maximum Gasteiger partial charge on any atom is 0.407 e. The van der Waals surface area contributed by atoms with Crippen LogP contribution in [-0.4, -0.2) is 99.0 Å². The van der Waals surface area contributed by atoms with E-state index in [-0.39, 0.29) is 49.8 Å². The van der Waals surface area contributed by atoms with Crippen molar-refractivity contribution in [2.45, 2.75) is 56.7 Å². The predicted molar refractivity (Wildman–Crippen MR) is 166 cm³/mol. The number of methoxy groups -OCH3 is 1. The maximum absolute atomic E-state index is 14.4. The van der Waals surface area contributed by atoms with Crippen molar-refractivity contribution >= 4 is 23.6 Å². The SMILES string of the molecule is COC[C@]1(O)CCCC[C@H]1n1cnc(C(=O)N2CCN(C(=O)O)C[C@H]2CCN(C(C)=O)c2ccccc2)c1-c1ccccc1.